The Labute approximate surface area is 114 Å². The van der Waals surface area contributed by atoms with Crippen LogP contribution >= 0.6 is 11.8 Å². The van der Waals surface area contributed by atoms with E-state index in [1.54, 1.807) is 6.92 Å². The number of aliphatic hydroxyl groups excluding tert-OH is 3. The summed E-state index contributed by atoms with van der Waals surface area (Å²) in [6, 6.07) is -1.04. The Hall–Kier alpha value is -0.870. The molecule has 108 valence electrons. The number of aliphatic hydroxyl groups is 3. The van der Waals surface area contributed by atoms with Crippen LogP contribution in [0.15, 0.2) is 4.99 Å². The number of fused-ring (bicyclic) bond motifs is 1. The Morgan fingerprint density at radius 2 is 2.21 bits per heavy atom. The molecule has 0 aliphatic carbocycles. The van der Waals surface area contributed by atoms with Gasteiger partial charge in [-0.1, -0.05) is 11.8 Å². The second-order valence-corrected chi connectivity index (χ2v) is 5.32. The maximum absolute atomic E-state index is 11.4. The molecule has 0 spiro atoms. The molecule has 0 bridgehead atoms. The average molecular weight is 291 g/mol. The van der Waals surface area contributed by atoms with Gasteiger partial charge in [0, 0.05) is 6.54 Å². The fraction of sp³-hybridized carbons (Fsp3) is 0.800. The molecule has 2 amide bonds. The maximum Gasteiger partial charge on any atom is 0.320 e. The van der Waals surface area contributed by atoms with E-state index in [4.69, 9.17) is 9.84 Å². The number of urea groups is 1. The lowest BCUT2D eigenvalue weighted by Gasteiger charge is -2.37. The molecule has 2 aliphatic heterocycles. The van der Waals surface area contributed by atoms with Crippen molar-refractivity contribution in [3.05, 3.63) is 0 Å². The largest absolute Gasteiger partial charge is 0.394 e. The first kappa shape index (κ1) is 14.5. The Balaban J connectivity index is 2.00. The van der Waals surface area contributed by atoms with Gasteiger partial charge >= 0.3 is 6.03 Å². The van der Waals surface area contributed by atoms with Gasteiger partial charge in [0.2, 0.25) is 0 Å². The fourth-order valence-electron chi connectivity index (χ4n) is 1.94. The van der Waals surface area contributed by atoms with Gasteiger partial charge in [-0.25, -0.2) is 4.79 Å². The highest BCUT2D eigenvalue weighted by Crippen LogP contribution is 2.35. The van der Waals surface area contributed by atoms with Gasteiger partial charge in [0.25, 0.3) is 0 Å². The summed E-state index contributed by atoms with van der Waals surface area (Å²) in [5.41, 5.74) is -0.521. The molecule has 0 radical (unpaired) electrons. The summed E-state index contributed by atoms with van der Waals surface area (Å²) >= 11 is 1.15. The molecule has 5 N–H and O–H groups in total. The number of aliphatic imine (C=N–C) groups is 1. The number of carbonyl (C=O) groups is 1. The normalized spacial score (nSPS) is 37.5. The third-order valence-corrected chi connectivity index (χ3v) is 3.95. The van der Waals surface area contributed by atoms with Gasteiger partial charge in [-0.3, -0.25) is 10.3 Å². The van der Waals surface area contributed by atoms with E-state index in [0.29, 0.717) is 11.7 Å². The second-order valence-electron chi connectivity index (χ2n) is 4.23. The molecular formula is C10H17N3O5S. The van der Waals surface area contributed by atoms with Gasteiger partial charge in [0.15, 0.2) is 5.17 Å². The van der Waals surface area contributed by atoms with Crippen molar-refractivity contribution < 1.29 is 24.9 Å². The van der Waals surface area contributed by atoms with Crippen LogP contribution in [0.25, 0.3) is 0 Å². The van der Waals surface area contributed by atoms with E-state index < -0.39 is 29.8 Å². The lowest BCUT2D eigenvalue weighted by atomic mass is 9.99. The van der Waals surface area contributed by atoms with Crippen LogP contribution in [0, 0.1) is 0 Å². The number of ether oxygens (including phenoxy) is 1. The zero-order chi connectivity index (χ0) is 14.0. The van der Waals surface area contributed by atoms with Crippen molar-refractivity contribution >= 4 is 23.0 Å². The third-order valence-electron chi connectivity index (χ3n) is 2.90. The molecule has 1 unspecified atom stereocenters. The Bertz CT molecular complexity index is 380. The minimum absolute atomic E-state index is 0.325. The fourth-order valence-corrected chi connectivity index (χ4v) is 3.06. The van der Waals surface area contributed by atoms with Gasteiger partial charge in [0.05, 0.1) is 6.61 Å². The monoisotopic (exact) mass is 291 g/mol. The summed E-state index contributed by atoms with van der Waals surface area (Å²) < 4.78 is 5.43. The molecule has 5 atom stereocenters. The van der Waals surface area contributed by atoms with Crippen LogP contribution in [0.4, 0.5) is 4.79 Å². The minimum Gasteiger partial charge on any atom is -0.394 e. The van der Waals surface area contributed by atoms with Crippen LogP contribution in [0.5, 0.6) is 0 Å². The van der Waals surface area contributed by atoms with E-state index in [2.05, 4.69) is 15.6 Å². The van der Waals surface area contributed by atoms with Gasteiger partial charge < -0.3 is 25.4 Å². The van der Waals surface area contributed by atoms with Crippen LogP contribution < -0.4 is 10.6 Å². The van der Waals surface area contributed by atoms with Crippen molar-refractivity contribution in [3.63, 3.8) is 0 Å². The molecule has 2 heterocycles. The quantitative estimate of drug-likeness (QED) is 0.410. The predicted molar refractivity (Wildman–Crippen MR) is 68.8 cm³/mol. The standard InChI is InChI=1S/C10H17N3O5S/c1-2-11-9(17)13-10-12-5-7(16)6(15)4(3-14)18-8(5)19-10/h4-8,14-16H,2-3H2,1H3,(H2,11,12,13,17)/t4-,5-,6?,7-,8-/m1/s1. The van der Waals surface area contributed by atoms with Crippen molar-refractivity contribution in [2.45, 2.75) is 36.7 Å². The lowest BCUT2D eigenvalue weighted by Crippen LogP contribution is -2.55. The van der Waals surface area contributed by atoms with Crippen LogP contribution in [0.2, 0.25) is 0 Å². The van der Waals surface area contributed by atoms with E-state index in [1.165, 1.54) is 0 Å². The van der Waals surface area contributed by atoms with Crippen LogP contribution in [-0.4, -0.2) is 69.5 Å². The van der Waals surface area contributed by atoms with Crippen molar-refractivity contribution in [2.75, 3.05) is 13.2 Å². The highest BCUT2D eigenvalue weighted by molar-refractivity contribution is 8.14. The Morgan fingerprint density at radius 1 is 1.47 bits per heavy atom. The minimum atomic E-state index is -1.19. The van der Waals surface area contributed by atoms with Gasteiger partial charge in [-0.05, 0) is 6.92 Å². The summed E-state index contributed by atoms with van der Waals surface area (Å²) in [5.74, 6) is 0. The smallest absolute Gasteiger partial charge is 0.320 e. The van der Waals surface area contributed by atoms with Crippen LogP contribution in [0.3, 0.4) is 0 Å². The summed E-state index contributed by atoms with van der Waals surface area (Å²) in [7, 11) is 0. The zero-order valence-electron chi connectivity index (χ0n) is 10.3. The molecule has 9 heteroatoms. The first-order chi connectivity index (χ1) is 9.06. The van der Waals surface area contributed by atoms with E-state index in [0.717, 1.165) is 11.8 Å². The number of rotatable bonds is 2. The van der Waals surface area contributed by atoms with Gasteiger partial charge in [-0.2, -0.15) is 0 Å². The van der Waals surface area contributed by atoms with E-state index in [1.807, 2.05) is 0 Å². The number of hydrogen-bond acceptors (Lipinski definition) is 7. The molecule has 8 nitrogen and oxygen atoms in total. The molecule has 2 aliphatic rings. The molecule has 0 aromatic carbocycles. The number of hydrogen-bond donors (Lipinski definition) is 5. The SMILES string of the molecule is CCNC(=O)NC1=N[C@H]2[C@H](O[C@H](CO)C(O)[C@@H]2O)S1. The molecule has 1 saturated heterocycles. The van der Waals surface area contributed by atoms with E-state index in [-0.39, 0.29) is 12.6 Å². The first-order valence-electron chi connectivity index (χ1n) is 5.98. The Morgan fingerprint density at radius 3 is 2.84 bits per heavy atom. The zero-order valence-corrected chi connectivity index (χ0v) is 11.1. The number of amidine groups is 1. The van der Waals surface area contributed by atoms with Crippen molar-refractivity contribution in [2.24, 2.45) is 4.99 Å². The highest BCUT2D eigenvalue weighted by atomic mass is 32.2. The predicted octanol–water partition coefficient (Wildman–Crippen LogP) is -1.78. The topological polar surface area (TPSA) is 123 Å². The lowest BCUT2D eigenvalue weighted by molar-refractivity contribution is -0.164. The van der Waals surface area contributed by atoms with E-state index >= 15 is 0 Å². The average Bonchev–Trinajstić information content (AvgIpc) is 2.76. The molecule has 0 aromatic heterocycles. The molecule has 0 aromatic rings. The molecular weight excluding hydrogens is 274 g/mol. The number of nitrogens with zero attached hydrogens (tertiary/aromatic N) is 1. The van der Waals surface area contributed by atoms with Crippen molar-refractivity contribution in [3.8, 4) is 0 Å². The first-order valence-corrected chi connectivity index (χ1v) is 6.86. The van der Waals surface area contributed by atoms with Crippen molar-refractivity contribution in [1.29, 1.82) is 0 Å². The summed E-state index contributed by atoms with van der Waals surface area (Å²) in [4.78, 5) is 15.5. The summed E-state index contributed by atoms with van der Waals surface area (Å²) in [6.07, 6.45) is -3.17. The Kier molecular flexibility index (Phi) is 4.63. The number of nitrogens with one attached hydrogen (secondary N) is 2. The van der Waals surface area contributed by atoms with E-state index in [9.17, 15) is 15.0 Å². The van der Waals surface area contributed by atoms with Crippen molar-refractivity contribution in [1.82, 2.24) is 10.6 Å². The number of amides is 2. The van der Waals surface area contributed by atoms with Gasteiger partial charge in [0.1, 0.15) is 29.8 Å². The van der Waals surface area contributed by atoms with Crippen LogP contribution in [-0.2, 0) is 4.74 Å². The number of thioether (sulfide) groups is 1. The van der Waals surface area contributed by atoms with Gasteiger partial charge in [-0.15, -0.1) is 0 Å². The molecule has 19 heavy (non-hydrogen) atoms. The maximum atomic E-state index is 11.4. The summed E-state index contributed by atoms with van der Waals surface area (Å²) in [5, 5.41) is 34.1. The van der Waals surface area contributed by atoms with Crippen LogP contribution in [0.1, 0.15) is 6.92 Å². The molecule has 2 rings (SSSR count). The highest BCUT2D eigenvalue weighted by Gasteiger charge is 2.48. The molecule has 1 fully saturated rings. The molecule has 0 saturated carbocycles. The second kappa shape index (κ2) is 6.06. The number of carbonyl (C=O) groups excluding carboxylic acids is 1. The summed E-state index contributed by atoms with van der Waals surface area (Å²) in [6.45, 7) is 1.89. The third kappa shape index (κ3) is 3.00.